The molecular formula is C20H16ClN3O2. The molecule has 5 nitrogen and oxygen atoms in total. The smallest absolute Gasteiger partial charge is 0.322 e. The van der Waals surface area contributed by atoms with E-state index in [1.54, 1.807) is 60.7 Å². The molecule has 3 rings (SSSR count). The average molecular weight is 366 g/mol. The van der Waals surface area contributed by atoms with Crippen molar-refractivity contribution < 1.29 is 9.59 Å². The van der Waals surface area contributed by atoms with Gasteiger partial charge in [0.2, 0.25) is 0 Å². The monoisotopic (exact) mass is 365 g/mol. The van der Waals surface area contributed by atoms with Crippen molar-refractivity contribution in [3.05, 3.63) is 89.4 Å². The lowest BCUT2D eigenvalue weighted by Gasteiger charge is -2.09. The van der Waals surface area contributed by atoms with E-state index >= 15 is 0 Å². The van der Waals surface area contributed by atoms with Crippen molar-refractivity contribution in [3.63, 3.8) is 0 Å². The quantitative estimate of drug-likeness (QED) is 0.592. The summed E-state index contributed by atoms with van der Waals surface area (Å²) < 4.78 is 0. The Hall–Kier alpha value is -3.31. The van der Waals surface area contributed by atoms with Gasteiger partial charge in [0, 0.05) is 27.6 Å². The van der Waals surface area contributed by atoms with Gasteiger partial charge < -0.3 is 16.0 Å². The molecule has 0 aliphatic heterocycles. The average Bonchev–Trinajstić information content (AvgIpc) is 2.64. The third kappa shape index (κ3) is 4.84. The molecule has 0 aliphatic carbocycles. The van der Waals surface area contributed by atoms with Crippen LogP contribution in [0, 0.1) is 0 Å². The highest BCUT2D eigenvalue weighted by Gasteiger charge is 2.07. The lowest BCUT2D eigenvalue weighted by Crippen LogP contribution is -2.19. The minimum absolute atomic E-state index is 0.232. The predicted molar refractivity (Wildman–Crippen MR) is 105 cm³/mol. The number of urea groups is 1. The Labute approximate surface area is 156 Å². The second-order valence-electron chi connectivity index (χ2n) is 5.48. The second kappa shape index (κ2) is 8.18. The summed E-state index contributed by atoms with van der Waals surface area (Å²) in [5.41, 5.74) is 2.46. The molecule has 3 N–H and O–H groups in total. The first-order valence-corrected chi connectivity index (χ1v) is 8.28. The summed E-state index contributed by atoms with van der Waals surface area (Å²) in [6.07, 6.45) is 0. The molecule has 130 valence electrons. The summed E-state index contributed by atoms with van der Waals surface area (Å²) in [6.45, 7) is 0. The van der Waals surface area contributed by atoms with E-state index < -0.39 is 0 Å². The van der Waals surface area contributed by atoms with Crippen LogP contribution in [-0.2, 0) is 0 Å². The van der Waals surface area contributed by atoms with Crippen LogP contribution in [0.25, 0.3) is 0 Å². The molecule has 0 aromatic heterocycles. The number of carbonyl (C=O) groups excluding carboxylic acids is 2. The van der Waals surface area contributed by atoms with Crippen LogP contribution in [0.3, 0.4) is 0 Å². The van der Waals surface area contributed by atoms with E-state index in [1.165, 1.54) is 0 Å². The Morgan fingerprint density at radius 1 is 0.615 bits per heavy atom. The molecule has 26 heavy (non-hydrogen) atoms. The summed E-state index contributed by atoms with van der Waals surface area (Å²) in [5, 5.41) is 8.83. The highest BCUT2D eigenvalue weighted by Crippen LogP contribution is 2.16. The van der Waals surface area contributed by atoms with Crippen LogP contribution in [0.2, 0.25) is 5.02 Å². The molecule has 0 heterocycles. The minimum atomic E-state index is -0.339. The summed E-state index contributed by atoms with van der Waals surface area (Å²) in [7, 11) is 0. The number of nitrogens with one attached hydrogen (secondary N) is 3. The van der Waals surface area contributed by atoms with Crippen molar-refractivity contribution in [1.29, 1.82) is 0 Å². The lowest BCUT2D eigenvalue weighted by molar-refractivity contribution is 0.102. The zero-order valence-electron chi connectivity index (χ0n) is 13.7. The van der Waals surface area contributed by atoms with Crippen molar-refractivity contribution in [2.45, 2.75) is 0 Å². The molecule has 0 fully saturated rings. The Kier molecular flexibility index (Phi) is 5.51. The molecule has 3 aromatic rings. The molecule has 0 spiro atoms. The van der Waals surface area contributed by atoms with E-state index in [4.69, 9.17) is 11.6 Å². The van der Waals surface area contributed by atoms with Gasteiger partial charge in [-0.1, -0.05) is 29.8 Å². The molecule has 0 unspecified atom stereocenters. The minimum Gasteiger partial charge on any atom is -0.322 e. The van der Waals surface area contributed by atoms with Gasteiger partial charge in [-0.15, -0.1) is 0 Å². The van der Waals surface area contributed by atoms with E-state index in [9.17, 15) is 9.59 Å². The molecule has 0 saturated heterocycles. The van der Waals surface area contributed by atoms with Gasteiger partial charge in [-0.05, 0) is 60.7 Å². The topological polar surface area (TPSA) is 70.2 Å². The first-order chi connectivity index (χ1) is 12.6. The van der Waals surface area contributed by atoms with Gasteiger partial charge in [0.15, 0.2) is 0 Å². The standard InChI is InChI=1S/C20H16ClN3O2/c21-15-8-6-14(7-9-15)19(25)22-17-10-12-18(13-11-17)24-20(26)23-16-4-2-1-3-5-16/h1-13H,(H,22,25)(H2,23,24,26). The van der Waals surface area contributed by atoms with Crippen LogP contribution in [0.5, 0.6) is 0 Å². The fourth-order valence-corrected chi connectivity index (χ4v) is 2.38. The predicted octanol–water partition coefficient (Wildman–Crippen LogP) is 5.24. The van der Waals surface area contributed by atoms with Crippen LogP contribution in [0.1, 0.15) is 10.4 Å². The molecule has 3 amide bonds. The molecule has 0 bridgehead atoms. The van der Waals surface area contributed by atoms with Gasteiger partial charge in [-0.25, -0.2) is 4.79 Å². The van der Waals surface area contributed by atoms with Crippen molar-refractivity contribution in [2.24, 2.45) is 0 Å². The van der Waals surface area contributed by atoms with Crippen LogP contribution in [-0.4, -0.2) is 11.9 Å². The maximum atomic E-state index is 12.2. The van der Waals surface area contributed by atoms with Crippen LogP contribution < -0.4 is 16.0 Å². The van der Waals surface area contributed by atoms with Gasteiger partial charge >= 0.3 is 6.03 Å². The number of carbonyl (C=O) groups is 2. The van der Waals surface area contributed by atoms with E-state index in [-0.39, 0.29) is 11.9 Å². The summed E-state index contributed by atoms with van der Waals surface area (Å²) in [5.74, 6) is -0.232. The number of hydrogen-bond donors (Lipinski definition) is 3. The second-order valence-corrected chi connectivity index (χ2v) is 5.92. The zero-order chi connectivity index (χ0) is 18.4. The van der Waals surface area contributed by atoms with Gasteiger partial charge in [0.05, 0.1) is 0 Å². The first kappa shape index (κ1) is 17.5. The Balaban J connectivity index is 1.57. The number of amides is 3. The number of rotatable bonds is 4. The van der Waals surface area contributed by atoms with E-state index in [2.05, 4.69) is 16.0 Å². The van der Waals surface area contributed by atoms with Gasteiger partial charge in [0.1, 0.15) is 0 Å². The van der Waals surface area contributed by atoms with Crippen molar-refractivity contribution >= 4 is 40.6 Å². The molecule has 0 atom stereocenters. The fourth-order valence-electron chi connectivity index (χ4n) is 2.26. The van der Waals surface area contributed by atoms with Gasteiger partial charge in [-0.3, -0.25) is 4.79 Å². The Morgan fingerprint density at radius 3 is 1.69 bits per heavy atom. The van der Waals surface area contributed by atoms with E-state index in [0.29, 0.717) is 27.6 Å². The fraction of sp³-hybridized carbons (Fsp3) is 0. The van der Waals surface area contributed by atoms with Crippen LogP contribution in [0.15, 0.2) is 78.9 Å². The molecular weight excluding hydrogens is 350 g/mol. The highest BCUT2D eigenvalue weighted by molar-refractivity contribution is 6.30. The summed E-state index contributed by atoms with van der Waals surface area (Å²) in [4.78, 5) is 24.1. The third-order valence-corrected chi connectivity index (χ3v) is 3.79. The van der Waals surface area contributed by atoms with Gasteiger partial charge in [0.25, 0.3) is 5.91 Å². The number of hydrogen-bond acceptors (Lipinski definition) is 2. The number of halogens is 1. The summed E-state index contributed by atoms with van der Waals surface area (Å²) in [6, 6.07) is 22.3. The third-order valence-electron chi connectivity index (χ3n) is 3.54. The number of para-hydroxylation sites is 1. The number of benzene rings is 3. The lowest BCUT2D eigenvalue weighted by atomic mass is 10.2. The zero-order valence-corrected chi connectivity index (χ0v) is 14.5. The van der Waals surface area contributed by atoms with Crippen LogP contribution in [0.4, 0.5) is 21.9 Å². The first-order valence-electron chi connectivity index (χ1n) is 7.90. The molecule has 3 aromatic carbocycles. The molecule has 0 aliphatic rings. The maximum absolute atomic E-state index is 12.2. The van der Waals surface area contributed by atoms with Crippen molar-refractivity contribution in [3.8, 4) is 0 Å². The van der Waals surface area contributed by atoms with Gasteiger partial charge in [-0.2, -0.15) is 0 Å². The highest BCUT2D eigenvalue weighted by atomic mass is 35.5. The van der Waals surface area contributed by atoms with Crippen molar-refractivity contribution in [1.82, 2.24) is 0 Å². The normalized spacial score (nSPS) is 10.0. The maximum Gasteiger partial charge on any atom is 0.323 e. The van der Waals surface area contributed by atoms with Crippen LogP contribution >= 0.6 is 11.6 Å². The van der Waals surface area contributed by atoms with E-state index in [1.807, 2.05) is 18.2 Å². The SMILES string of the molecule is O=C(Nc1ccccc1)Nc1ccc(NC(=O)c2ccc(Cl)cc2)cc1. The molecule has 0 radical (unpaired) electrons. The molecule has 0 saturated carbocycles. The summed E-state index contributed by atoms with van der Waals surface area (Å²) >= 11 is 5.82. The Bertz CT molecular complexity index is 895. The van der Waals surface area contributed by atoms with Crippen molar-refractivity contribution in [2.75, 3.05) is 16.0 Å². The number of anilines is 3. The molecule has 6 heteroatoms. The Morgan fingerprint density at radius 2 is 1.12 bits per heavy atom. The van der Waals surface area contributed by atoms with E-state index in [0.717, 1.165) is 0 Å². The largest absolute Gasteiger partial charge is 0.323 e.